The predicted octanol–water partition coefficient (Wildman–Crippen LogP) is 4.99. The Hall–Kier alpha value is -2.49. The highest BCUT2D eigenvalue weighted by atomic mass is 16.5. The van der Waals surface area contributed by atoms with Gasteiger partial charge in [0.25, 0.3) is 5.91 Å². The van der Waals surface area contributed by atoms with E-state index in [0.29, 0.717) is 5.75 Å². The summed E-state index contributed by atoms with van der Waals surface area (Å²) >= 11 is 0. The zero-order valence-electron chi connectivity index (χ0n) is 16.8. The van der Waals surface area contributed by atoms with Gasteiger partial charge in [-0.25, -0.2) is 0 Å². The summed E-state index contributed by atoms with van der Waals surface area (Å²) in [4.78, 5) is 14.8. The van der Waals surface area contributed by atoms with Gasteiger partial charge in [-0.05, 0) is 67.1 Å². The molecule has 1 N–H and O–H groups in total. The van der Waals surface area contributed by atoms with Crippen LogP contribution in [0.5, 0.6) is 5.75 Å². The Bertz CT molecular complexity index is 754. The smallest absolute Gasteiger partial charge is 0.265 e. The van der Waals surface area contributed by atoms with Crippen molar-refractivity contribution in [2.75, 3.05) is 23.3 Å². The lowest BCUT2D eigenvalue weighted by Crippen LogP contribution is -2.30. The van der Waals surface area contributed by atoms with Crippen LogP contribution >= 0.6 is 0 Å². The van der Waals surface area contributed by atoms with Crippen LogP contribution in [0.4, 0.5) is 11.4 Å². The first-order chi connectivity index (χ1) is 12.8. The van der Waals surface area contributed by atoms with Crippen LogP contribution < -0.4 is 15.0 Å². The first kappa shape index (κ1) is 19.3. The zero-order valence-corrected chi connectivity index (χ0v) is 16.8. The van der Waals surface area contributed by atoms with Crippen LogP contribution in [0.15, 0.2) is 48.5 Å². The maximum atomic E-state index is 12.4. The lowest BCUT2D eigenvalue weighted by molar-refractivity contribution is -0.122. The molecule has 0 saturated carbocycles. The highest BCUT2D eigenvalue weighted by Crippen LogP contribution is 2.25. The lowest BCUT2D eigenvalue weighted by Gasteiger charge is -2.20. The topological polar surface area (TPSA) is 41.6 Å². The fourth-order valence-corrected chi connectivity index (χ4v) is 3.27. The second-order valence-electron chi connectivity index (χ2n) is 8.26. The third-order valence-electron chi connectivity index (χ3n) is 5.01. The molecule has 0 unspecified atom stereocenters. The summed E-state index contributed by atoms with van der Waals surface area (Å²) in [6.07, 6.45) is 1.94. The Morgan fingerprint density at radius 2 is 1.59 bits per heavy atom. The summed E-state index contributed by atoms with van der Waals surface area (Å²) in [6, 6.07) is 16.0. The molecule has 2 aromatic carbocycles. The van der Waals surface area contributed by atoms with Crippen LogP contribution in [0.2, 0.25) is 0 Å². The maximum Gasteiger partial charge on any atom is 0.265 e. The minimum atomic E-state index is -0.566. The van der Waals surface area contributed by atoms with Crippen molar-refractivity contribution >= 4 is 17.3 Å². The van der Waals surface area contributed by atoms with E-state index in [1.54, 1.807) is 6.92 Å². The fraction of sp³-hybridized carbons (Fsp3) is 0.435. The van der Waals surface area contributed by atoms with E-state index in [2.05, 4.69) is 55.3 Å². The molecule has 27 heavy (non-hydrogen) atoms. The van der Waals surface area contributed by atoms with Crippen molar-refractivity contribution in [3.05, 3.63) is 54.1 Å². The number of amides is 1. The predicted molar refractivity (Wildman–Crippen MR) is 112 cm³/mol. The fourth-order valence-electron chi connectivity index (χ4n) is 3.27. The summed E-state index contributed by atoms with van der Waals surface area (Å²) in [5.74, 6) is 0.554. The van der Waals surface area contributed by atoms with Gasteiger partial charge >= 0.3 is 0 Å². The van der Waals surface area contributed by atoms with Crippen molar-refractivity contribution in [3.8, 4) is 5.75 Å². The third kappa shape index (κ3) is 5.03. The molecule has 1 fully saturated rings. The molecule has 2 aromatic rings. The Morgan fingerprint density at radius 1 is 1.00 bits per heavy atom. The first-order valence-corrected chi connectivity index (χ1v) is 9.76. The molecule has 0 spiro atoms. The van der Waals surface area contributed by atoms with Gasteiger partial charge in [0.1, 0.15) is 5.75 Å². The van der Waals surface area contributed by atoms with E-state index in [-0.39, 0.29) is 11.3 Å². The zero-order chi connectivity index (χ0) is 19.4. The van der Waals surface area contributed by atoms with Crippen molar-refractivity contribution in [3.63, 3.8) is 0 Å². The highest BCUT2D eigenvalue weighted by molar-refractivity contribution is 5.94. The van der Waals surface area contributed by atoms with Crippen LogP contribution in [0.1, 0.15) is 46.1 Å². The van der Waals surface area contributed by atoms with E-state index in [0.717, 1.165) is 18.8 Å². The molecule has 3 rings (SSSR count). The number of ether oxygens (including phenoxy) is 1. The van der Waals surface area contributed by atoms with Crippen molar-refractivity contribution < 1.29 is 9.53 Å². The largest absolute Gasteiger partial charge is 0.481 e. The molecular weight excluding hydrogens is 336 g/mol. The molecule has 0 aliphatic carbocycles. The lowest BCUT2D eigenvalue weighted by atomic mass is 9.87. The molecule has 1 atom stereocenters. The van der Waals surface area contributed by atoms with Crippen molar-refractivity contribution in [1.82, 2.24) is 0 Å². The van der Waals surface area contributed by atoms with Crippen LogP contribution in [-0.4, -0.2) is 25.1 Å². The van der Waals surface area contributed by atoms with Gasteiger partial charge in [-0.1, -0.05) is 32.9 Å². The van der Waals surface area contributed by atoms with Crippen molar-refractivity contribution in [2.45, 2.75) is 52.1 Å². The second-order valence-corrected chi connectivity index (χ2v) is 8.26. The minimum Gasteiger partial charge on any atom is -0.481 e. The molecule has 1 amide bonds. The number of hydrogen-bond acceptors (Lipinski definition) is 3. The van der Waals surface area contributed by atoms with E-state index in [4.69, 9.17) is 4.74 Å². The van der Waals surface area contributed by atoms with E-state index in [9.17, 15) is 4.79 Å². The normalized spacial score (nSPS) is 15.5. The molecule has 0 bridgehead atoms. The first-order valence-electron chi connectivity index (χ1n) is 9.76. The monoisotopic (exact) mass is 366 g/mol. The van der Waals surface area contributed by atoms with E-state index in [1.807, 2.05) is 24.3 Å². The standard InChI is InChI=1S/C23H30N2O2/c1-17(27-21-13-7-18(8-14-21)23(2,3)4)22(26)24-19-9-11-20(12-10-19)25-15-5-6-16-25/h7-14,17H,5-6,15-16H2,1-4H3,(H,24,26)/t17-/m1/s1. The molecule has 1 heterocycles. The molecule has 1 saturated heterocycles. The maximum absolute atomic E-state index is 12.4. The number of nitrogens with one attached hydrogen (secondary N) is 1. The number of nitrogens with zero attached hydrogens (tertiary/aromatic N) is 1. The Balaban J connectivity index is 1.55. The van der Waals surface area contributed by atoms with Gasteiger partial charge < -0.3 is 15.0 Å². The van der Waals surface area contributed by atoms with Gasteiger partial charge in [-0.15, -0.1) is 0 Å². The van der Waals surface area contributed by atoms with Gasteiger partial charge in [0.15, 0.2) is 6.10 Å². The molecular formula is C23H30N2O2. The summed E-state index contributed by atoms with van der Waals surface area (Å²) in [6.45, 7) is 10.5. The van der Waals surface area contributed by atoms with E-state index < -0.39 is 6.10 Å². The molecule has 4 nitrogen and oxygen atoms in total. The molecule has 1 aliphatic heterocycles. The summed E-state index contributed by atoms with van der Waals surface area (Å²) in [5, 5.41) is 2.93. The number of carbonyl (C=O) groups excluding carboxylic acids is 1. The van der Waals surface area contributed by atoms with Gasteiger partial charge in [0.05, 0.1) is 0 Å². The Morgan fingerprint density at radius 3 is 2.15 bits per heavy atom. The number of anilines is 2. The average molecular weight is 367 g/mol. The second kappa shape index (κ2) is 8.03. The van der Waals surface area contributed by atoms with E-state index >= 15 is 0 Å². The van der Waals surface area contributed by atoms with Crippen molar-refractivity contribution in [1.29, 1.82) is 0 Å². The van der Waals surface area contributed by atoms with Crippen molar-refractivity contribution in [2.24, 2.45) is 0 Å². The van der Waals surface area contributed by atoms with Crippen LogP contribution in [0.3, 0.4) is 0 Å². The molecule has 144 valence electrons. The minimum absolute atomic E-state index is 0.1000. The van der Waals surface area contributed by atoms with Gasteiger partial charge in [-0.2, -0.15) is 0 Å². The molecule has 1 aliphatic rings. The molecule has 0 aromatic heterocycles. The Kier molecular flexibility index (Phi) is 5.73. The summed E-state index contributed by atoms with van der Waals surface area (Å²) in [7, 11) is 0. The van der Waals surface area contributed by atoms with Gasteiger partial charge in [0, 0.05) is 24.5 Å². The Labute approximate surface area is 162 Å². The summed E-state index contributed by atoms with van der Waals surface area (Å²) < 4.78 is 5.80. The number of hydrogen-bond donors (Lipinski definition) is 1. The highest BCUT2D eigenvalue weighted by Gasteiger charge is 2.17. The number of rotatable bonds is 5. The quantitative estimate of drug-likeness (QED) is 0.810. The summed E-state index contributed by atoms with van der Waals surface area (Å²) in [5.41, 5.74) is 3.35. The SMILES string of the molecule is C[C@@H](Oc1ccc(C(C)(C)C)cc1)C(=O)Nc1ccc(N2CCCC2)cc1. The van der Waals surface area contributed by atoms with Crippen LogP contribution in [-0.2, 0) is 10.2 Å². The molecule has 4 heteroatoms. The average Bonchev–Trinajstić information content (AvgIpc) is 3.16. The van der Waals surface area contributed by atoms with Crippen LogP contribution in [0, 0.1) is 0 Å². The van der Waals surface area contributed by atoms with E-state index in [1.165, 1.54) is 24.1 Å². The number of benzene rings is 2. The third-order valence-corrected chi connectivity index (χ3v) is 5.01. The number of carbonyl (C=O) groups is 1. The molecule has 0 radical (unpaired) electrons. The van der Waals surface area contributed by atoms with Gasteiger partial charge in [-0.3, -0.25) is 4.79 Å². The van der Waals surface area contributed by atoms with Crippen LogP contribution in [0.25, 0.3) is 0 Å². The van der Waals surface area contributed by atoms with Gasteiger partial charge in [0.2, 0.25) is 0 Å².